The summed E-state index contributed by atoms with van der Waals surface area (Å²) in [7, 11) is 0. The largest absolute Gasteiger partial charge is 0.489 e. The maximum Gasteiger partial charge on any atom is 0.123 e. The average molecular weight is 375 g/mol. The van der Waals surface area contributed by atoms with Gasteiger partial charge in [0.25, 0.3) is 0 Å². The van der Waals surface area contributed by atoms with Crippen molar-refractivity contribution in [3.05, 3.63) is 62.0 Å². The van der Waals surface area contributed by atoms with Gasteiger partial charge in [-0.2, -0.15) is 0 Å². The maximum absolute atomic E-state index is 6.17. The molecule has 0 heterocycles. The van der Waals surface area contributed by atoms with Crippen LogP contribution in [0, 0.1) is 0 Å². The molecule has 0 atom stereocenters. The van der Waals surface area contributed by atoms with E-state index in [1.807, 2.05) is 30.3 Å². The quantitative estimate of drug-likeness (QED) is 0.812. The van der Waals surface area contributed by atoms with Crippen LogP contribution in [0.1, 0.15) is 11.1 Å². The predicted molar refractivity (Wildman–Crippen MR) is 87.7 cm³/mol. The Morgan fingerprint density at radius 3 is 2.55 bits per heavy atom. The Kier molecular flexibility index (Phi) is 5.73. The summed E-state index contributed by atoms with van der Waals surface area (Å²) in [5.74, 6) is 0.791. The molecular weight excluding hydrogens is 361 g/mol. The highest BCUT2D eigenvalue weighted by atomic mass is 79.9. The molecule has 0 fully saturated rings. The van der Waals surface area contributed by atoms with Gasteiger partial charge in [0.2, 0.25) is 0 Å². The number of nitrogens with two attached hydrogens (primary N) is 1. The lowest BCUT2D eigenvalue weighted by atomic mass is 10.1. The zero-order chi connectivity index (χ0) is 14.5. The monoisotopic (exact) mass is 373 g/mol. The highest BCUT2D eigenvalue weighted by Gasteiger charge is 2.07. The third-order valence-electron chi connectivity index (χ3n) is 2.83. The number of hydrogen-bond acceptors (Lipinski definition) is 2. The molecule has 106 valence electrons. The lowest BCUT2D eigenvalue weighted by molar-refractivity contribution is 0.303. The lowest BCUT2D eigenvalue weighted by Gasteiger charge is -2.12. The van der Waals surface area contributed by atoms with Gasteiger partial charge in [-0.3, -0.25) is 0 Å². The minimum absolute atomic E-state index is 0.408. The van der Waals surface area contributed by atoms with Crippen LogP contribution in [0.3, 0.4) is 0 Å². The molecule has 0 aliphatic rings. The molecular formula is C15H14BrCl2NO. The van der Waals surface area contributed by atoms with Crippen molar-refractivity contribution in [3.8, 4) is 5.75 Å². The average Bonchev–Trinajstić information content (AvgIpc) is 2.40. The zero-order valence-corrected chi connectivity index (χ0v) is 13.8. The van der Waals surface area contributed by atoms with Crippen LogP contribution in [0.25, 0.3) is 0 Å². The highest BCUT2D eigenvalue weighted by molar-refractivity contribution is 9.10. The molecule has 0 spiro atoms. The Morgan fingerprint density at radius 1 is 1.05 bits per heavy atom. The van der Waals surface area contributed by atoms with E-state index in [1.165, 1.54) is 0 Å². The van der Waals surface area contributed by atoms with Gasteiger partial charge in [-0.25, -0.2) is 0 Å². The SMILES string of the molecule is NCCc1cc(Cl)ccc1OCc1ccc(Br)cc1Cl. The van der Waals surface area contributed by atoms with Gasteiger partial charge in [-0.1, -0.05) is 45.2 Å². The van der Waals surface area contributed by atoms with Crippen LogP contribution in [-0.4, -0.2) is 6.54 Å². The van der Waals surface area contributed by atoms with Gasteiger partial charge in [0, 0.05) is 20.1 Å². The van der Waals surface area contributed by atoms with Crippen molar-refractivity contribution in [2.24, 2.45) is 5.73 Å². The Bertz CT molecular complexity index is 604. The number of benzene rings is 2. The second-order valence-corrected chi connectivity index (χ2v) is 6.07. The van der Waals surface area contributed by atoms with Gasteiger partial charge in [0.15, 0.2) is 0 Å². The molecule has 0 saturated carbocycles. The smallest absolute Gasteiger partial charge is 0.123 e. The number of ether oxygens (including phenoxy) is 1. The molecule has 0 aliphatic carbocycles. The summed E-state index contributed by atoms with van der Waals surface area (Å²) in [5, 5.41) is 1.36. The number of rotatable bonds is 5. The van der Waals surface area contributed by atoms with Crippen molar-refractivity contribution in [2.75, 3.05) is 6.54 Å². The molecule has 2 aromatic rings. The molecule has 0 radical (unpaired) electrons. The molecule has 2 aromatic carbocycles. The first-order chi connectivity index (χ1) is 9.60. The molecule has 2 N–H and O–H groups in total. The van der Waals surface area contributed by atoms with Gasteiger partial charge < -0.3 is 10.5 Å². The topological polar surface area (TPSA) is 35.2 Å². The summed E-state index contributed by atoms with van der Waals surface area (Å²) < 4.78 is 6.78. The molecule has 5 heteroatoms. The van der Waals surface area contributed by atoms with E-state index >= 15 is 0 Å². The number of halogens is 3. The van der Waals surface area contributed by atoms with Crippen molar-refractivity contribution in [2.45, 2.75) is 13.0 Å². The standard InChI is InChI=1S/C15H14BrCl2NO/c16-12-2-1-11(14(18)8-12)9-20-15-4-3-13(17)7-10(15)5-6-19/h1-4,7-8H,5-6,9,19H2. The fourth-order valence-corrected chi connectivity index (χ4v) is 2.76. The van der Waals surface area contributed by atoms with Gasteiger partial charge in [0.05, 0.1) is 0 Å². The number of hydrogen-bond donors (Lipinski definition) is 1. The molecule has 2 nitrogen and oxygen atoms in total. The fourth-order valence-electron chi connectivity index (χ4n) is 1.83. The van der Waals surface area contributed by atoms with E-state index < -0.39 is 0 Å². The Balaban J connectivity index is 2.14. The summed E-state index contributed by atoms with van der Waals surface area (Å²) in [6, 6.07) is 11.3. The Morgan fingerprint density at radius 2 is 1.85 bits per heavy atom. The van der Waals surface area contributed by atoms with E-state index in [1.54, 1.807) is 6.07 Å². The second-order valence-electron chi connectivity index (χ2n) is 4.32. The third kappa shape index (κ3) is 4.13. The molecule has 0 saturated heterocycles. The molecule has 2 rings (SSSR count). The minimum atomic E-state index is 0.408. The van der Waals surface area contributed by atoms with E-state index in [0.717, 1.165) is 27.8 Å². The molecule has 0 aliphatic heterocycles. The second kappa shape index (κ2) is 7.32. The summed E-state index contributed by atoms with van der Waals surface area (Å²) in [6.45, 7) is 0.959. The van der Waals surface area contributed by atoms with E-state index in [9.17, 15) is 0 Å². The van der Waals surface area contributed by atoms with Gasteiger partial charge in [0.1, 0.15) is 12.4 Å². The first-order valence-corrected chi connectivity index (χ1v) is 7.70. The molecule has 0 aromatic heterocycles. The highest BCUT2D eigenvalue weighted by Crippen LogP contribution is 2.26. The molecule has 0 unspecified atom stereocenters. The predicted octanol–water partition coefficient (Wildman–Crippen LogP) is 4.84. The van der Waals surface area contributed by atoms with Crippen LogP contribution < -0.4 is 10.5 Å². The molecule has 0 amide bonds. The normalized spacial score (nSPS) is 10.6. The van der Waals surface area contributed by atoms with Crippen LogP contribution in [0.2, 0.25) is 10.0 Å². The minimum Gasteiger partial charge on any atom is -0.489 e. The van der Waals surface area contributed by atoms with Crippen LogP contribution in [-0.2, 0) is 13.0 Å². The first kappa shape index (κ1) is 15.6. The third-order valence-corrected chi connectivity index (χ3v) is 3.91. The summed E-state index contributed by atoms with van der Waals surface area (Å²) >= 11 is 15.5. The summed E-state index contributed by atoms with van der Waals surface area (Å²) in [6.07, 6.45) is 0.726. The van der Waals surface area contributed by atoms with E-state index in [0.29, 0.717) is 23.2 Å². The van der Waals surface area contributed by atoms with Gasteiger partial charge in [-0.05, 0) is 48.9 Å². The Hall–Kier alpha value is -0.740. The lowest BCUT2D eigenvalue weighted by Crippen LogP contribution is -2.05. The van der Waals surface area contributed by atoms with Crippen LogP contribution >= 0.6 is 39.1 Å². The molecule has 0 bridgehead atoms. The van der Waals surface area contributed by atoms with Crippen LogP contribution in [0.15, 0.2) is 40.9 Å². The van der Waals surface area contributed by atoms with E-state index in [4.69, 9.17) is 33.7 Å². The van der Waals surface area contributed by atoms with E-state index in [-0.39, 0.29) is 0 Å². The fraction of sp³-hybridized carbons (Fsp3) is 0.200. The van der Waals surface area contributed by atoms with Gasteiger partial charge in [-0.15, -0.1) is 0 Å². The van der Waals surface area contributed by atoms with Crippen LogP contribution in [0.4, 0.5) is 0 Å². The maximum atomic E-state index is 6.17. The van der Waals surface area contributed by atoms with Crippen molar-refractivity contribution in [3.63, 3.8) is 0 Å². The van der Waals surface area contributed by atoms with Crippen LogP contribution in [0.5, 0.6) is 5.75 Å². The van der Waals surface area contributed by atoms with Crippen molar-refractivity contribution < 1.29 is 4.74 Å². The van der Waals surface area contributed by atoms with Crippen molar-refractivity contribution in [1.29, 1.82) is 0 Å². The molecule has 20 heavy (non-hydrogen) atoms. The summed E-state index contributed by atoms with van der Waals surface area (Å²) in [4.78, 5) is 0. The van der Waals surface area contributed by atoms with Gasteiger partial charge >= 0.3 is 0 Å². The van der Waals surface area contributed by atoms with Crippen molar-refractivity contribution in [1.82, 2.24) is 0 Å². The first-order valence-electron chi connectivity index (χ1n) is 6.15. The van der Waals surface area contributed by atoms with Crippen molar-refractivity contribution >= 4 is 39.1 Å². The Labute approximate surface area is 137 Å². The zero-order valence-electron chi connectivity index (χ0n) is 10.7. The summed E-state index contributed by atoms with van der Waals surface area (Å²) in [5.41, 5.74) is 7.54. The van der Waals surface area contributed by atoms with E-state index in [2.05, 4.69) is 15.9 Å².